The number of aromatic nitrogens is 1. The van der Waals surface area contributed by atoms with E-state index in [1.807, 2.05) is 24.4 Å². The van der Waals surface area contributed by atoms with E-state index in [4.69, 9.17) is 10.5 Å². The summed E-state index contributed by atoms with van der Waals surface area (Å²) in [6, 6.07) is 8.01. The van der Waals surface area contributed by atoms with Gasteiger partial charge in [0.05, 0.1) is 18.3 Å². The lowest BCUT2D eigenvalue weighted by Crippen LogP contribution is -2.04. The van der Waals surface area contributed by atoms with E-state index in [0.717, 1.165) is 48.3 Å². The minimum absolute atomic E-state index is 0. The second kappa shape index (κ2) is 9.42. The molecule has 0 aliphatic carbocycles. The molecule has 1 aromatic heterocycles. The third kappa shape index (κ3) is 5.06. The summed E-state index contributed by atoms with van der Waals surface area (Å²) in [6.07, 6.45) is 6.49. The number of methoxy groups -OCH3 is 1. The maximum absolute atomic E-state index is 5.49. The maximum Gasteiger partial charge on any atom is 0.121 e. The highest BCUT2D eigenvalue weighted by Gasteiger charge is 2.05. The lowest BCUT2D eigenvalue weighted by Gasteiger charge is -2.11. The Balaban J connectivity index is 0.00000220. The van der Waals surface area contributed by atoms with Crippen LogP contribution < -0.4 is 15.8 Å². The summed E-state index contributed by atoms with van der Waals surface area (Å²) in [5.74, 6) is 0.858. The number of nitrogens with one attached hydrogen (secondary N) is 1. The largest absolute Gasteiger partial charge is 0.497 e. The lowest BCUT2D eigenvalue weighted by molar-refractivity contribution is 0.415. The van der Waals surface area contributed by atoms with Gasteiger partial charge in [-0.05, 0) is 31.5 Å². The number of rotatable bonds is 8. The molecule has 0 unspecified atom stereocenters. The number of benzene rings is 1. The van der Waals surface area contributed by atoms with E-state index in [2.05, 4.69) is 16.4 Å². The molecule has 0 saturated heterocycles. The molecule has 116 valence electrons. The summed E-state index contributed by atoms with van der Waals surface area (Å²) in [4.78, 5) is 4.45. The first-order valence-electron chi connectivity index (χ1n) is 7.22. The van der Waals surface area contributed by atoms with E-state index < -0.39 is 0 Å². The van der Waals surface area contributed by atoms with Crippen LogP contribution in [0.1, 0.15) is 25.7 Å². The fourth-order valence-corrected chi connectivity index (χ4v) is 2.26. The van der Waals surface area contributed by atoms with Gasteiger partial charge in [0.2, 0.25) is 0 Å². The minimum atomic E-state index is 0. The molecule has 1 aromatic carbocycles. The van der Waals surface area contributed by atoms with Crippen molar-refractivity contribution in [2.45, 2.75) is 25.7 Å². The van der Waals surface area contributed by atoms with Crippen LogP contribution in [-0.4, -0.2) is 25.2 Å². The van der Waals surface area contributed by atoms with Gasteiger partial charge in [-0.3, -0.25) is 4.98 Å². The molecule has 0 atom stereocenters. The Kier molecular flexibility index (Phi) is 7.87. The van der Waals surface area contributed by atoms with Crippen molar-refractivity contribution in [3.63, 3.8) is 0 Å². The maximum atomic E-state index is 5.49. The van der Waals surface area contributed by atoms with E-state index in [9.17, 15) is 0 Å². The molecule has 0 saturated carbocycles. The molecular weight excluding hydrogens is 286 g/mol. The Bertz CT molecular complexity index is 548. The highest BCUT2D eigenvalue weighted by atomic mass is 35.5. The van der Waals surface area contributed by atoms with Gasteiger partial charge in [-0.15, -0.1) is 12.4 Å². The van der Waals surface area contributed by atoms with Crippen LogP contribution in [0.4, 0.5) is 5.69 Å². The molecule has 0 spiro atoms. The van der Waals surface area contributed by atoms with Crippen molar-refractivity contribution in [2.75, 3.05) is 25.5 Å². The van der Waals surface area contributed by atoms with Gasteiger partial charge in [0.1, 0.15) is 5.75 Å². The third-order valence-electron chi connectivity index (χ3n) is 3.36. The molecule has 0 radical (unpaired) electrons. The molecule has 0 fully saturated rings. The second-order valence-corrected chi connectivity index (χ2v) is 4.88. The lowest BCUT2D eigenvalue weighted by atomic mass is 10.1. The quantitative estimate of drug-likeness (QED) is 0.732. The van der Waals surface area contributed by atoms with Crippen molar-refractivity contribution in [1.82, 2.24) is 4.98 Å². The zero-order valence-electron chi connectivity index (χ0n) is 12.5. The number of nitrogens with zero attached hydrogens (tertiary/aromatic N) is 1. The number of pyridine rings is 1. The summed E-state index contributed by atoms with van der Waals surface area (Å²) < 4.78 is 5.34. The zero-order valence-corrected chi connectivity index (χ0v) is 13.3. The monoisotopic (exact) mass is 309 g/mol. The fourth-order valence-electron chi connectivity index (χ4n) is 2.26. The fraction of sp³-hybridized carbons (Fsp3) is 0.438. The van der Waals surface area contributed by atoms with Crippen molar-refractivity contribution in [3.05, 3.63) is 30.5 Å². The van der Waals surface area contributed by atoms with Crippen LogP contribution in [0.25, 0.3) is 10.9 Å². The molecular formula is C16H24ClN3O. The topological polar surface area (TPSA) is 60.2 Å². The van der Waals surface area contributed by atoms with Crippen molar-refractivity contribution in [2.24, 2.45) is 5.73 Å². The van der Waals surface area contributed by atoms with Gasteiger partial charge in [0, 0.05) is 24.2 Å². The molecule has 0 bridgehead atoms. The average Bonchev–Trinajstić information content (AvgIpc) is 2.50. The third-order valence-corrected chi connectivity index (χ3v) is 3.36. The number of hydrogen-bond acceptors (Lipinski definition) is 4. The van der Waals surface area contributed by atoms with Crippen molar-refractivity contribution in [1.29, 1.82) is 0 Å². The number of ether oxygens (including phenoxy) is 1. The predicted octanol–water partition coefficient (Wildman–Crippen LogP) is 3.60. The van der Waals surface area contributed by atoms with Crippen LogP contribution in [-0.2, 0) is 0 Å². The highest BCUT2D eigenvalue weighted by Crippen LogP contribution is 2.27. The summed E-state index contributed by atoms with van der Waals surface area (Å²) in [5, 5.41) is 4.56. The standard InChI is InChI=1S/C16H23N3O.ClH/c1-20-14-11-13-7-6-10-19-16(13)15(12-14)18-9-5-3-2-4-8-17;/h6-7,10-12,18H,2-5,8-9,17H2,1H3;1H. The summed E-state index contributed by atoms with van der Waals surface area (Å²) in [7, 11) is 1.69. The normalized spacial score (nSPS) is 10.2. The van der Waals surface area contributed by atoms with Crippen LogP contribution in [0.15, 0.2) is 30.5 Å². The molecule has 21 heavy (non-hydrogen) atoms. The predicted molar refractivity (Wildman–Crippen MR) is 91.6 cm³/mol. The Morgan fingerprint density at radius 3 is 2.76 bits per heavy atom. The van der Waals surface area contributed by atoms with Crippen LogP contribution in [0, 0.1) is 0 Å². The molecule has 2 aromatic rings. The molecule has 5 heteroatoms. The first kappa shape index (κ1) is 17.5. The van der Waals surface area contributed by atoms with E-state index in [1.165, 1.54) is 12.8 Å². The number of halogens is 1. The van der Waals surface area contributed by atoms with Gasteiger partial charge >= 0.3 is 0 Å². The molecule has 0 amide bonds. The first-order valence-corrected chi connectivity index (χ1v) is 7.22. The van der Waals surface area contributed by atoms with Gasteiger partial charge in [0.25, 0.3) is 0 Å². The Morgan fingerprint density at radius 2 is 2.00 bits per heavy atom. The van der Waals surface area contributed by atoms with E-state index in [1.54, 1.807) is 7.11 Å². The van der Waals surface area contributed by atoms with E-state index in [0.29, 0.717) is 0 Å². The molecule has 0 aliphatic heterocycles. The SMILES string of the molecule is COc1cc(NCCCCCCN)c2ncccc2c1.Cl. The van der Waals surface area contributed by atoms with Crippen molar-refractivity contribution < 1.29 is 4.74 Å². The zero-order chi connectivity index (χ0) is 14.2. The molecule has 0 aliphatic rings. The van der Waals surface area contributed by atoms with Crippen LogP contribution >= 0.6 is 12.4 Å². The van der Waals surface area contributed by atoms with Gasteiger partial charge in [-0.2, -0.15) is 0 Å². The number of unbranched alkanes of at least 4 members (excludes halogenated alkanes) is 3. The summed E-state index contributed by atoms with van der Waals surface area (Å²) in [6.45, 7) is 1.74. The van der Waals surface area contributed by atoms with Gasteiger partial charge in [-0.1, -0.05) is 18.9 Å². The summed E-state index contributed by atoms with van der Waals surface area (Å²) in [5.41, 5.74) is 7.53. The number of hydrogen-bond donors (Lipinski definition) is 2. The highest BCUT2D eigenvalue weighted by molar-refractivity contribution is 5.91. The molecule has 3 N–H and O–H groups in total. The Morgan fingerprint density at radius 1 is 1.19 bits per heavy atom. The van der Waals surface area contributed by atoms with Crippen molar-refractivity contribution in [3.8, 4) is 5.75 Å². The van der Waals surface area contributed by atoms with E-state index in [-0.39, 0.29) is 12.4 Å². The van der Waals surface area contributed by atoms with Gasteiger partial charge in [0.15, 0.2) is 0 Å². The molecule has 4 nitrogen and oxygen atoms in total. The number of anilines is 1. The number of fused-ring (bicyclic) bond motifs is 1. The van der Waals surface area contributed by atoms with Gasteiger partial charge < -0.3 is 15.8 Å². The average molecular weight is 310 g/mol. The molecule has 1 heterocycles. The van der Waals surface area contributed by atoms with E-state index >= 15 is 0 Å². The van der Waals surface area contributed by atoms with Crippen LogP contribution in [0.3, 0.4) is 0 Å². The molecule has 2 rings (SSSR count). The van der Waals surface area contributed by atoms with Crippen LogP contribution in [0.2, 0.25) is 0 Å². The Labute approximate surface area is 132 Å². The summed E-state index contributed by atoms with van der Waals surface area (Å²) >= 11 is 0. The first-order chi connectivity index (χ1) is 9.85. The van der Waals surface area contributed by atoms with Gasteiger partial charge in [-0.25, -0.2) is 0 Å². The van der Waals surface area contributed by atoms with Crippen molar-refractivity contribution >= 4 is 29.0 Å². The number of nitrogens with two attached hydrogens (primary N) is 1. The second-order valence-electron chi connectivity index (χ2n) is 4.88. The Hall–Kier alpha value is -1.52. The minimum Gasteiger partial charge on any atom is -0.497 e. The van der Waals surface area contributed by atoms with Crippen LogP contribution in [0.5, 0.6) is 5.75 Å². The smallest absolute Gasteiger partial charge is 0.121 e.